The first-order valence-electron chi connectivity index (χ1n) is 1.62. The van der Waals surface area contributed by atoms with Crippen molar-refractivity contribution in [3.05, 3.63) is 11.8 Å². The Morgan fingerprint density at radius 1 is 1.11 bits per heavy atom. The van der Waals surface area contributed by atoms with Gasteiger partial charge in [0.15, 0.2) is 5.73 Å². The van der Waals surface area contributed by atoms with E-state index in [0.29, 0.717) is 0 Å². The van der Waals surface area contributed by atoms with Gasteiger partial charge in [0, 0.05) is 0 Å². The van der Waals surface area contributed by atoms with Crippen LogP contribution in [0.1, 0.15) is 0 Å². The van der Waals surface area contributed by atoms with E-state index < -0.39 is 18.9 Å². The van der Waals surface area contributed by atoms with Gasteiger partial charge in [-0.15, -0.1) is 0 Å². The summed E-state index contributed by atoms with van der Waals surface area (Å²) in [5, 5.41) is 15.3. The van der Waals surface area contributed by atoms with Crippen LogP contribution in [0.3, 0.4) is 0 Å². The van der Waals surface area contributed by atoms with E-state index in [4.69, 9.17) is 10.0 Å². The number of hydrogen-bond acceptors (Lipinski definition) is 2. The molecule has 0 atom stereocenters. The number of halogens is 3. The predicted octanol–water partition coefficient (Wildman–Crippen LogP) is -0.573. The van der Waals surface area contributed by atoms with E-state index >= 15 is 0 Å². The molecule has 0 fully saturated rings. The molecule has 48 valence electrons. The van der Waals surface area contributed by atoms with Crippen LogP contribution in [0.2, 0.25) is 0 Å². The normalized spacial score (nSPS) is 7.67. The van der Waals surface area contributed by atoms with E-state index in [2.05, 4.69) is 0 Å². The van der Waals surface area contributed by atoms with E-state index in [-0.39, 0.29) is 51.4 Å². The maximum atomic E-state index is 11.3. The van der Waals surface area contributed by atoms with Crippen LogP contribution in [0, 0.1) is 0 Å². The molecular weight excluding hydrogens is 163 g/mol. The zero-order valence-corrected chi connectivity index (χ0v) is 3.61. The van der Waals surface area contributed by atoms with Gasteiger partial charge in [0.05, 0.1) is 0 Å². The minimum atomic E-state index is -2.71. The molecule has 0 aliphatic heterocycles. The van der Waals surface area contributed by atoms with Crippen molar-refractivity contribution in [1.29, 1.82) is 0 Å². The molecule has 0 bridgehead atoms. The minimum absolute atomic E-state index is 0. The van der Waals surface area contributed by atoms with Crippen LogP contribution in [0.25, 0.3) is 0 Å². The first-order chi connectivity index (χ1) is 3.55. The van der Waals surface area contributed by atoms with Gasteiger partial charge in [0.25, 0.3) is 6.08 Å². The quantitative estimate of drug-likeness (QED) is 0.512. The summed E-state index contributed by atoms with van der Waals surface area (Å²) in [6, 6.07) is 0. The zero-order valence-electron chi connectivity index (χ0n) is 3.61. The van der Waals surface area contributed by atoms with Gasteiger partial charge in [-0.05, 0) is 0 Å². The molecule has 0 spiro atoms. The second-order valence-corrected chi connectivity index (χ2v) is 0.982. The molecule has 0 amide bonds. The van der Waals surface area contributed by atoms with Crippen LogP contribution in [0.15, 0.2) is 11.8 Å². The first-order valence-corrected chi connectivity index (χ1v) is 1.62. The summed E-state index contributed by atoms with van der Waals surface area (Å²) >= 11 is 0. The molecule has 9 heavy (non-hydrogen) atoms. The molecular formula is C2H3BF3KO2. The van der Waals surface area contributed by atoms with Gasteiger partial charge in [0.1, 0.15) is 0 Å². The maximum absolute atomic E-state index is 11.3. The molecule has 2 nitrogen and oxygen atoms in total. The van der Waals surface area contributed by atoms with Gasteiger partial charge >= 0.3 is 58.5 Å². The summed E-state index contributed by atoms with van der Waals surface area (Å²) in [7, 11) is -2.69. The van der Waals surface area contributed by atoms with E-state index in [1.165, 1.54) is 0 Å². The van der Waals surface area contributed by atoms with Crippen molar-refractivity contribution < 1.29 is 23.2 Å². The molecule has 0 aromatic rings. The SMILES string of the molecule is OB(O)C(F)=C(F)F.[KH]. The molecule has 0 aliphatic rings. The molecule has 0 aliphatic carbocycles. The van der Waals surface area contributed by atoms with Crippen LogP contribution in [-0.4, -0.2) is 68.6 Å². The predicted molar refractivity (Wildman–Crippen MR) is 27.7 cm³/mol. The third kappa shape index (κ3) is 5.59. The summed E-state index contributed by atoms with van der Waals surface area (Å²) in [6.45, 7) is 0. The van der Waals surface area contributed by atoms with E-state index in [0.717, 1.165) is 0 Å². The van der Waals surface area contributed by atoms with Crippen LogP contribution in [0.5, 0.6) is 0 Å². The Morgan fingerprint density at radius 2 is 1.44 bits per heavy atom. The summed E-state index contributed by atoms with van der Waals surface area (Å²) in [4.78, 5) is 0. The standard InChI is InChI=1S/C2H2BF3O2.K.H/c4-1(2(5)6)3(7)8;;/h7-8H;;. The third-order valence-corrected chi connectivity index (χ3v) is 0.407. The van der Waals surface area contributed by atoms with Gasteiger partial charge in [-0.25, -0.2) is 4.39 Å². The molecule has 0 unspecified atom stereocenters. The molecule has 0 saturated heterocycles. The van der Waals surface area contributed by atoms with Gasteiger partial charge in [-0.3, -0.25) is 0 Å². The zero-order chi connectivity index (χ0) is 6.73. The molecule has 0 saturated carbocycles. The molecule has 0 rings (SSSR count). The van der Waals surface area contributed by atoms with Crippen molar-refractivity contribution in [1.82, 2.24) is 0 Å². The molecule has 0 radical (unpaired) electrons. The van der Waals surface area contributed by atoms with Crippen LogP contribution in [-0.2, 0) is 0 Å². The Hall–Kier alpha value is 1.15. The summed E-state index contributed by atoms with van der Waals surface area (Å²) in [6.07, 6.45) is -2.71. The van der Waals surface area contributed by atoms with E-state index in [9.17, 15) is 13.2 Å². The third-order valence-electron chi connectivity index (χ3n) is 0.407. The van der Waals surface area contributed by atoms with E-state index in [1.54, 1.807) is 0 Å². The van der Waals surface area contributed by atoms with Gasteiger partial charge < -0.3 is 10.0 Å². The Labute approximate surface area is 92.3 Å². The van der Waals surface area contributed by atoms with Crippen LogP contribution < -0.4 is 0 Å². The van der Waals surface area contributed by atoms with Crippen molar-refractivity contribution in [2.24, 2.45) is 0 Å². The van der Waals surface area contributed by atoms with Crippen LogP contribution >= 0.6 is 0 Å². The molecule has 7 heteroatoms. The van der Waals surface area contributed by atoms with Gasteiger partial charge in [-0.2, -0.15) is 8.78 Å². The Bertz CT molecular complexity index is 112. The molecule has 0 aromatic heterocycles. The summed E-state index contributed by atoms with van der Waals surface area (Å²) < 4.78 is 33.0. The average Bonchev–Trinajstić information content (AvgIpc) is 1.64. The fourth-order valence-corrected chi connectivity index (χ4v) is 0.0976. The second-order valence-electron chi connectivity index (χ2n) is 0.982. The Morgan fingerprint density at radius 3 is 1.44 bits per heavy atom. The molecule has 2 N–H and O–H groups in total. The fraction of sp³-hybridized carbons (Fsp3) is 0. The fourth-order valence-electron chi connectivity index (χ4n) is 0.0976. The van der Waals surface area contributed by atoms with Crippen molar-refractivity contribution in [3.63, 3.8) is 0 Å². The summed E-state index contributed by atoms with van der Waals surface area (Å²) in [5.41, 5.74) is -2.20. The first kappa shape index (κ1) is 12.8. The van der Waals surface area contributed by atoms with Crippen molar-refractivity contribution in [3.8, 4) is 0 Å². The average molecular weight is 166 g/mol. The molecule has 0 aromatic carbocycles. The second kappa shape index (κ2) is 5.90. The van der Waals surface area contributed by atoms with Crippen molar-refractivity contribution in [2.45, 2.75) is 0 Å². The number of hydrogen-bond donors (Lipinski definition) is 2. The Kier molecular flexibility index (Phi) is 8.39. The van der Waals surface area contributed by atoms with Gasteiger partial charge in [0.2, 0.25) is 0 Å². The van der Waals surface area contributed by atoms with Gasteiger partial charge in [-0.1, -0.05) is 0 Å². The van der Waals surface area contributed by atoms with Crippen molar-refractivity contribution in [2.75, 3.05) is 0 Å². The van der Waals surface area contributed by atoms with E-state index in [1.807, 2.05) is 0 Å². The Balaban J connectivity index is 0. The van der Waals surface area contributed by atoms with Crippen molar-refractivity contribution >= 4 is 58.5 Å². The monoisotopic (exact) mass is 166 g/mol. The molecule has 0 heterocycles. The topological polar surface area (TPSA) is 40.5 Å². The number of rotatable bonds is 1. The summed E-state index contributed by atoms with van der Waals surface area (Å²) in [5.74, 6) is 0. The van der Waals surface area contributed by atoms with Crippen LogP contribution in [0.4, 0.5) is 13.2 Å².